The number of piperidine rings is 1. The topological polar surface area (TPSA) is 66.9 Å². The standard InChI is InChI=1S/C16H24N2O4S/c1-17(11-13-7-4-5-9-15(13)22-2)16(19)14-8-6-10-18(12-14)23(3,20)21/h4-5,7,9,14H,6,8,10-12H2,1-3H3/t14-/m0/s1. The van der Waals surface area contributed by atoms with Gasteiger partial charge in [-0.2, -0.15) is 0 Å². The fourth-order valence-corrected chi connectivity index (χ4v) is 3.84. The molecule has 0 aliphatic carbocycles. The summed E-state index contributed by atoms with van der Waals surface area (Å²) in [4.78, 5) is 14.3. The van der Waals surface area contributed by atoms with Gasteiger partial charge in [0.2, 0.25) is 15.9 Å². The van der Waals surface area contributed by atoms with Gasteiger partial charge in [-0.3, -0.25) is 4.79 Å². The minimum Gasteiger partial charge on any atom is -0.496 e. The maximum Gasteiger partial charge on any atom is 0.227 e. The molecule has 128 valence electrons. The first-order valence-electron chi connectivity index (χ1n) is 7.65. The summed E-state index contributed by atoms with van der Waals surface area (Å²) < 4.78 is 30.1. The summed E-state index contributed by atoms with van der Waals surface area (Å²) >= 11 is 0. The van der Waals surface area contributed by atoms with Crippen molar-refractivity contribution in [1.82, 2.24) is 9.21 Å². The molecule has 1 amide bonds. The lowest BCUT2D eigenvalue weighted by Gasteiger charge is -2.32. The summed E-state index contributed by atoms with van der Waals surface area (Å²) in [5.74, 6) is 0.441. The quantitative estimate of drug-likeness (QED) is 0.811. The molecule has 1 heterocycles. The van der Waals surface area contributed by atoms with Crippen molar-refractivity contribution in [3.05, 3.63) is 29.8 Å². The monoisotopic (exact) mass is 340 g/mol. The number of amides is 1. The van der Waals surface area contributed by atoms with Gasteiger partial charge in [0, 0.05) is 32.2 Å². The maximum atomic E-state index is 12.6. The number of hydrogen-bond donors (Lipinski definition) is 0. The Morgan fingerprint density at radius 2 is 2.09 bits per heavy atom. The van der Waals surface area contributed by atoms with Crippen molar-refractivity contribution in [2.75, 3.05) is 33.5 Å². The fraction of sp³-hybridized carbons (Fsp3) is 0.562. The molecule has 0 bridgehead atoms. The van der Waals surface area contributed by atoms with E-state index in [1.807, 2.05) is 24.3 Å². The van der Waals surface area contributed by atoms with Crippen molar-refractivity contribution in [2.45, 2.75) is 19.4 Å². The predicted octanol–water partition coefficient (Wildman–Crippen LogP) is 1.33. The Hall–Kier alpha value is -1.60. The van der Waals surface area contributed by atoms with E-state index in [-0.39, 0.29) is 18.4 Å². The molecule has 0 N–H and O–H groups in total. The SMILES string of the molecule is COc1ccccc1CN(C)C(=O)[C@H]1CCCN(S(C)(=O)=O)C1. The predicted molar refractivity (Wildman–Crippen MR) is 88.6 cm³/mol. The molecule has 1 saturated heterocycles. The molecule has 1 aromatic carbocycles. The van der Waals surface area contributed by atoms with Crippen LogP contribution in [0.1, 0.15) is 18.4 Å². The van der Waals surface area contributed by atoms with Gasteiger partial charge in [-0.15, -0.1) is 0 Å². The first-order valence-corrected chi connectivity index (χ1v) is 9.49. The Kier molecular flexibility index (Phi) is 5.64. The van der Waals surface area contributed by atoms with Gasteiger partial charge in [0.15, 0.2) is 0 Å². The summed E-state index contributed by atoms with van der Waals surface area (Å²) in [5.41, 5.74) is 0.932. The molecule has 0 radical (unpaired) electrons. The van der Waals surface area contributed by atoms with Crippen LogP contribution >= 0.6 is 0 Å². The minimum absolute atomic E-state index is 0.0238. The number of ether oxygens (including phenoxy) is 1. The van der Waals surface area contributed by atoms with Crippen LogP contribution in [-0.4, -0.2) is 57.0 Å². The van der Waals surface area contributed by atoms with Gasteiger partial charge in [0.05, 0.1) is 19.3 Å². The van der Waals surface area contributed by atoms with E-state index in [4.69, 9.17) is 4.74 Å². The second-order valence-electron chi connectivity index (χ2n) is 5.97. The van der Waals surface area contributed by atoms with Crippen molar-refractivity contribution in [3.63, 3.8) is 0 Å². The van der Waals surface area contributed by atoms with E-state index in [0.717, 1.165) is 17.7 Å². The molecule has 23 heavy (non-hydrogen) atoms. The molecule has 1 atom stereocenters. The van der Waals surface area contributed by atoms with Crippen LogP contribution in [0.5, 0.6) is 5.75 Å². The van der Waals surface area contributed by atoms with Gasteiger partial charge >= 0.3 is 0 Å². The van der Waals surface area contributed by atoms with Gasteiger partial charge in [0.1, 0.15) is 5.75 Å². The van der Waals surface area contributed by atoms with Crippen LogP contribution in [0.2, 0.25) is 0 Å². The number of carbonyl (C=O) groups excluding carboxylic acids is 1. The molecular formula is C16H24N2O4S. The first-order chi connectivity index (χ1) is 10.8. The number of benzene rings is 1. The Morgan fingerprint density at radius 1 is 1.39 bits per heavy atom. The zero-order valence-electron chi connectivity index (χ0n) is 13.9. The molecule has 0 unspecified atom stereocenters. The summed E-state index contributed by atoms with van der Waals surface area (Å²) in [6, 6.07) is 7.57. The lowest BCUT2D eigenvalue weighted by atomic mass is 9.98. The van der Waals surface area contributed by atoms with E-state index in [0.29, 0.717) is 19.5 Å². The fourth-order valence-electron chi connectivity index (χ4n) is 2.92. The highest BCUT2D eigenvalue weighted by Crippen LogP contribution is 2.23. The Bertz CT molecular complexity index is 660. The molecule has 1 aliphatic rings. The van der Waals surface area contributed by atoms with Crippen LogP contribution in [0.4, 0.5) is 0 Å². The molecule has 2 rings (SSSR count). The molecule has 1 aromatic rings. The van der Waals surface area contributed by atoms with E-state index >= 15 is 0 Å². The van der Waals surface area contributed by atoms with Crippen molar-refractivity contribution in [2.24, 2.45) is 5.92 Å². The molecule has 0 saturated carbocycles. The average Bonchev–Trinajstić information content (AvgIpc) is 2.54. The maximum absolute atomic E-state index is 12.6. The zero-order chi connectivity index (χ0) is 17.0. The normalized spacial score (nSPS) is 19.3. The number of methoxy groups -OCH3 is 1. The Balaban J connectivity index is 2.04. The van der Waals surface area contributed by atoms with E-state index < -0.39 is 10.0 Å². The van der Waals surface area contributed by atoms with Crippen LogP contribution in [-0.2, 0) is 21.4 Å². The second-order valence-corrected chi connectivity index (χ2v) is 7.95. The van der Waals surface area contributed by atoms with E-state index in [1.165, 1.54) is 10.6 Å². The van der Waals surface area contributed by atoms with Crippen LogP contribution < -0.4 is 4.74 Å². The molecule has 1 aliphatic heterocycles. The summed E-state index contributed by atoms with van der Waals surface area (Å²) in [5, 5.41) is 0. The smallest absolute Gasteiger partial charge is 0.227 e. The number of carbonyl (C=O) groups is 1. The highest BCUT2D eigenvalue weighted by molar-refractivity contribution is 7.88. The molecule has 6 nitrogen and oxygen atoms in total. The van der Waals surface area contributed by atoms with E-state index in [1.54, 1.807) is 19.1 Å². The molecule has 1 fully saturated rings. The molecule has 0 aromatic heterocycles. The number of sulfonamides is 1. The second kappa shape index (κ2) is 7.31. The number of nitrogens with zero attached hydrogens (tertiary/aromatic N) is 2. The van der Waals surface area contributed by atoms with Crippen molar-refractivity contribution < 1.29 is 17.9 Å². The lowest BCUT2D eigenvalue weighted by Crippen LogP contribution is -2.45. The third-order valence-electron chi connectivity index (χ3n) is 4.18. The Morgan fingerprint density at radius 3 is 2.74 bits per heavy atom. The largest absolute Gasteiger partial charge is 0.496 e. The highest BCUT2D eigenvalue weighted by atomic mass is 32.2. The minimum atomic E-state index is -3.24. The Labute approximate surface area is 138 Å². The number of hydrogen-bond acceptors (Lipinski definition) is 4. The molecular weight excluding hydrogens is 316 g/mol. The summed E-state index contributed by atoms with van der Waals surface area (Å²) in [6.07, 6.45) is 2.63. The number of rotatable bonds is 5. The van der Waals surface area contributed by atoms with Crippen LogP contribution in [0.3, 0.4) is 0 Å². The van der Waals surface area contributed by atoms with Crippen molar-refractivity contribution in [1.29, 1.82) is 0 Å². The highest BCUT2D eigenvalue weighted by Gasteiger charge is 2.31. The van der Waals surface area contributed by atoms with Gasteiger partial charge in [0.25, 0.3) is 0 Å². The van der Waals surface area contributed by atoms with Gasteiger partial charge < -0.3 is 9.64 Å². The van der Waals surface area contributed by atoms with Crippen LogP contribution in [0, 0.1) is 5.92 Å². The lowest BCUT2D eigenvalue weighted by molar-refractivity contribution is -0.135. The van der Waals surface area contributed by atoms with Gasteiger partial charge in [-0.1, -0.05) is 18.2 Å². The van der Waals surface area contributed by atoms with Crippen molar-refractivity contribution in [3.8, 4) is 5.75 Å². The van der Waals surface area contributed by atoms with Gasteiger partial charge in [-0.05, 0) is 18.9 Å². The van der Waals surface area contributed by atoms with Crippen LogP contribution in [0.15, 0.2) is 24.3 Å². The first kappa shape index (κ1) is 17.7. The van der Waals surface area contributed by atoms with E-state index in [9.17, 15) is 13.2 Å². The molecule has 7 heteroatoms. The van der Waals surface area contributed by atoms with E-state index in [2.05, 4.69) is 0 Å². The summed E-state index contributed by atoms with van der Waals surface area (Å²) in [6.45, 7) is 1.21. The number of para-hydroxylation sites is 1. The molecule has 0 spiro atoms. The zero-order valence-corrected chi connectivity index (χ0v) is 14.7. The van der Waals surface area contributed by atoms with Crippen molar-refractivity contribution >= 4 is 15.9 Å². The average molecular weight is 340 g/mol. The third kappa shape index (κ3) is 4.45. The third-order valence-corrected chi connectivity index (χ3v) is 5.45. The summed E-state index contributed by atoms with van der Waals surface area (Å²) in [7, 11) is 0.102. The van der Waals surface area contributed by atoms with Crippen LogP contribution in [0.25, 0.3) is 0 Å². The van der Waals surface area contributed by atoms with Gasteiger partial charge in [-0.25, -0.2) is 12.7 Å².